The SMILES string of the molecule is CC1=NC(c2ccccc2)NC(C)(C)C1. The largest absolute Gasteiger partial charge is 0.287 e. The second-order valence-electron chi connectivity index (χ2n) is 4.88. The van der Waals surface area contributed by atoms with E-state index in [0.717, 1.165) is 6.42 Å². The average molecular weight is 202 g/mol. The van der Waals surface area contributed by atoms with Crippen molar-refractivity contribution in [2.45, 2.75) is 38.9 Å². The average Bonchev–Trinajstić information content (AvgIpc) is 2.16. The number of nitrogens with one attached hydrogen (secondary N) is 1. The molecule has 0 saturated carbocycles. The van der Waals surface area contributed by atoms with Gasteiger partial charge in [0.1, 0.15) is 6.17 Å². The third-order valence-electron chi connectivity index (χ3n) is 2.69. The zero-order valence-corrected chi connectivity index (χ0v) is 9.62. The second kappa shape index (κ2) is 3.78. The fourth-order valence-electron chi connectivity index (χ4n) is 2.15. The molecule has 1 aliphatic heterocycles. The summed E-state index contributed by atoms with van der Waals surface area (Å²) in [4.78, 5) is 4.65. The number of aliphatic imine (C=N–C) groups is 1. The zero-order valence-electron chi connectivity index (χ0n) is 9.62. The normalized spacial score (nSPS) is 24.7. The lowest BCUT2D eigenvalue weighted by molar-refractivity contribution is 0.332. The molecule has 15 heavy (non-hydrogen) atoms. The van der Waals surface area contributed by atoms with Gasteiger partial charge in [0.05, 0.1) is 0 Å². The summed E-state index contributed by atoms with van der Waals surface area (Å²) in [7, 11) is 0. The van der Waals surface area contributed by atoms with Crippen LogP contribution in [0.2, 0.25) is 0 Å². The lowest BCUT2D eigenvalue weighted by atomic mass is 9.94. The highest BCUT2D eigenvalue weighted by molar-refractivity contribution is 5.83. The smallest absolute Gasteiger partial charge is 0.125 e. The topological polar surface area (TPSA) is 24.4 Å². The third kappa shape index (κ3) is 2.45. The van der Waals surface area contributed by atoms with Crippen LogP contribution >= 0.6 is 0 Å². The van der Waals surface area contributed by atoms with E-state index in [1.165, 1.54) is 11.3 Å². The Balaban J connectivity index is 2.28. The Hall–Kier alpha value is -1.15. The van der Waals surface area contributed by atoms with Gasteiger partial charge in [0.2, 0.25) is 0 Å². The van der Waals surface area contributed by atoms with E-state index >= 15 is 0 Å². The minimum Gasteiger partial charge on any atom is -0.287 e. The maximum Gasteiger partial charge on any atom is 0.125 e. The van der Waals surface area contributed by atoms with Crippen molar-refractivity contribution in [1.29, 1.82) is 0 Å². The highest BCUT2D eigenvalue weighted by Gasteiger charge is 2.27. The number of rotatable bonds is 1. The van der Waals surface area contributed by atoms with Crippen molar-refractivity contribution in [2.24, 2.45) is 4.99 Å². The molecule has 1 unspecified atom stereocenters. The molecule has 1 atom stereocenters. The fourth-order valence-corrected chi connectivity index (χ4v) is 2.15. The Bertz CT molecular complexity index is 365. The lowest BCUT2D eigenvalue weighted by Gasteiger charge is -2.35. The lowest BCUT2D eigenvalue weighted by Crippen LogP contribution is -2.45. The van der Waals surface area contributed by atoms with Crippen molar-refractivity contribution in [1.82, 2.24) is 5.32 Å². The summed E-state index contributed by atoms with van der Waals surface area (Å²) < 4.78 is 0. The summed E-state index contributed by atoms with van der Waals surface area (Å²) in [6.07, 6.45) is 1.14. The second-order valence-corrected chi connectivity index (χ2v) is 4.88. The van der Waals surface area contributed by atoms with Crippen LogP contribution in [0.15, 0.2) is 35.3 Å². The molecule has 1 aromatic carbocycles. The van der Waals surface area contributed by atoms with Crippen molar-refractivity contribution in [3.63, 3.8) is 0 Å². The number of nitrogens with zero attached hydrogens (tertiary/aromatic N) is 1. The van der Waals surface area contributed by atoms with Gasteiger partial charge >= 0.3 is 0 Å². The number of hydrogen-bond donors (Lipinski definition) is 1. The van der Waals surface area contributed by atoms with E-state index in [-0.39, 0.29) is 11.7 Å². The highest BCUT2D eigenvalue weighted by Crippen LogP contribution is 2.25. The van der Waals surface area contributed by atoms with Crippen LogP contribution in [0, 0.1) is 0 Å². The van der Waals surface area contributed by atoms with Crippen molar-refractivity contribution >= 4 is 5.71 Å². The summed E-state index contributed by atoms with van der Waals surface area (Å²) in [6.45, 7) is 6.56. The van der Waals surface area contributed by atoms with Gasteiger partial charge in [-0.05, 0) is 26.3 Å². The van der Waals surface area contributed by atoms with Crippen LogP contribution in [0.25, 0.3) is 0 Å². The minimum absolute atomic E-state index is 0.120. The molecule has 0 aromatic heterocycles. The Labute approximate surface area is 91.4 Å². The van der Waals surface area contributed by atoms with Gasteiger partial charge in [0.25, 0.3) is 0 Å². The van der Waals surface area contributed by atoms with E-state index in [1.54, 1.807) is 0 Å². The van der Waals surface area contributed by atoms with Gasteiger partial charge in [0, 0.05) is 17.7 Å². The van der Waals surface area contributed by atoms with Crippen molar-refractivity contribution in [3.8, 4) is 0 Å². The first-order valence-corrected chi connectivity index (χ1v) is 5.43. The summed E-state index contributed by atoms with van der Waals surface area (Å²) in [5.74, 6) is 0. The molecular weight excluding hydrogens is 184 g/mol. The maximum absolute atomic E-state index is 4.65. The van der Waals surface area contributed by atoms with Gasteiger partial charge in [-0.3, -0.25) is 10.3 Å². The van der Waals surface area contributed by atoms with Crippen LogP contribution < -0.4 is 5.32 Å². The van der Waals surface area contributed by atoms with E-state index in [4.69, 9.17) is 0 Å². The molecule has 0 spiro atoms. The van der Waals surface area contributed by atoms with Crippen LogP contribution in [0.5, 0.6) is 0 Å². The van der Waals surface area contributed by atoms with Gasteiger partial charge in [-0.15, -0.1) is 0 Å². The molecule has 1 aliphatic rings. The molecule has 2 nitrogen and oxygen atoms in total. The van der Waals surface area contributed by atoms with Gasteiger partial charge in [-0.1, -0.05) is 30.3 Å². The monoisotopic (exact) mass is 202 g/mol. The fraction of sp³-hybridized carbons (Fsp3) is 0.462. The van der Waals surface area contributed by atoms with E-state index < -0.39 is 0 Å². The van der Waals surface area contributed by atoms with Gasteiger partial charge < -0.3 is 0 Å². The summed E-state index contributed by atoms with van der Waals surface area (Å²) >= 11 is 0. The van der Waals surface area contributed by atoms with Crippen molar-refractivity contribution in [2.75, 3.05) is 0 Å². The summed E-state index contributed by atoms with van der Waals surface area (Å²) in [5, 5.41) is 3.55. The minimum atomic E-state index is 0.120. The Kier molecular flexibility index (Phi) is 2.61. The van der Waals surface area contributed by atoms with Crippen molar-refractivity contribution in [3.05, 3.63) is 35.9 Å². The van der Waals surface area contributed by atoms with Crippen LogP contribution in [-0.4, -0.2) is 11.3 Å². The van der Waals surface area contributed by atoms with E-state index in [2.05, 4.69) is 55.3 Å². The van der Waals surface area contributed by atoms with Crippen LogP contribution in [0.4, 0.5) is 0 Å². The molecule has 0 aliphatic carbocycles. The predicted octanol–water partition coefficient (Wildman–Crippen LogP) is 2.92. The molecule has 0 saturated heterocycles. The van der Waals surface area contributed by atoms with Gasteiger partial charge in [-0.2, -0.15) is 0 Å². The van der Waals surface area contributed by atoms with Gasteiger partial charge in [-0.25, -0.2) is 0 Å². The molecule has 0 amide bonds. The van der Waals surface area contributed by atoms with E-state index in [1.807, 2.05) is 6.07 Å². The Morgan fingerprint density at radius 3 is 2.53 bits per heavy atom. The first-order valence-electron chi connectivity index (χ1n) is 5.43. The Morgan fingerprint density at radius 1 is 1.27 bits per heavy atom. The Morgan fingerprint density at radius 2 is 1.93 bits per heavy atom. The first kappa shape index (κ1) is 10.4. The third-order valence-corrected chi connectivity index (χ3v) is 2.69. The van der Waals surface area contributed by atoms with Crippen molar-refractivity contribution < 1.29 is 0 Å². The predicted molar refractivity (Wildman–Crippen MR) is 64.1 cm³/mol. The molecule has 1 N–H and O–H groups in total. The van der Waals surface area contributed by atoms with Gasteiger partial charge in [0.15, 0.2) is 0 Å². The highest BCUT2D eigenvalue weighted by atomic mass is 15.1. The molecule has 80 valence electrons. The first-order chi connectivity index (χ1) is 7.07. The quantitative estimate of drug-likeness (QED) is 0.744. The van der Waals surface area contributed by atoms with E-state index in [9.17, 15) is 0 Å². The van der Waals surface area contributed by atoms with Crippen LogP contribution in [0.1, 0.15) is 38.9 Å². The molecular formula is C13H18N2. The van der Waals surface area contributed by atoms with Crippen LogP contribution in [-0.2, 0) is 0 Å². The maximum atomic E-state index is 4.65. The molecule has 2 heteroatoms. The molecule has 2 rings (SSSR count). The van der Waals surface area contributed by atoms with Crippen LogP contribution in [0.3, 0.4) is 0 Å². The molecule has 0 radical (unpaired) electrons. The number of benzene rings is 1. The number of hydrogen-bond acceptors (Lipinski definition) is 2. The van der Waals surface area contributed by atoms with E-state index in [0.29, 0.717) is 0 Å². The zero-order chi connectivity index (χ0) is 10.9. The summed E-state index contributed by atoms with van der Waals surface area (Å²) in [6, 6.07) is 10.4. The molecule has 0 bridgehead atoms. The molecule has 0 fully saturated rings. The molecule has 1 heterocycles. The summed E-state index contributed by atoms with van der Waals surface area (Å²) in [5.41, 5.74) is 2.61. The standard InChI is InChI=1S/C13H18N2/c1-10-9-13(2,3)15-12(14-10)11-7-5-4-6-8-11/h4-8,12,15H,9H2,1-3H3. The molecule has 1 aromatic rings.